The Morgan fingerprint density at radius 2 is 2.08 bits per heavy atom. The number of hydrogen-bond donors (Lipinski definition) is 1. The number of allylic oxidation sites excluding steroid dienone is 1. The van der Waals surface area contributed by atoms with Gasteiger partial charge in [0.1, 0.15) is 0 Å². The van der Waals surface area contributed by atoms with Gasteiger partial charge in [-0.2, -0.15) is 0 Å². The maximum atomic E-state index is 6.04. The summed E-state index contributed by atoms with van der Waals surface area (Å²) in [5.41, 5.74) is 3.31. The lowest BCUT2D eigenvalue weighted by Crippen LogP contribution is -2.07. The average molecular weight is 214 g/mol. The Hall–Kier alpha value is -0.660. The molecule has 13 heavy (non-hydrogen) atoms. The predicted molar refractivity (Wildman–Crippen MR) is 58.6 cm³/mol. The molecule has 0 aliphatic carbocycles. The normalized spacial score (nSPS) is 14.5. The molecule has 3 heteroatoms. The topological polar surface area (TPSA) is 12.0 Å². The van der Waals surface area contributed by atoms with E-state index in [0.29, 0.717) is 10.0 Å². The molecule has 1 heterocycles. The molecule has 0 amide bonds. The molecule has 0 unspecified atom stereocenters. The molecule has 0 saturated heterocycles. The van der Waals surface area contributed by atoms with Crippen LogP contribution in [0.2, 0.25) is 10.0 Å². The van der Waals surface area contributed by atoms with Gasteiger partial charge in [0, 0.05) is 17.1 Å². The summed E-state index contributed by atoms with van der Waals surface area (Å²) in [6.07, 6.45) is 2.12. The summed E-state index contributed by atoms with van der Waals surface area (Å²) >= 11 is 11.9. The Bertz CT molecular complexity index is 383. The van der Waals surface area contributed by atoms with Gasteiger partial charge in [0.2, 0.25) is 0 Å². The summed E-state index contributed by atoms with van der Waals surface area (Å²) in [4.78, 5) is 0. The van der Waals surface area contributed by atoms with Gasteiger partial charge in [-0.3, -0.25) is 0 Å². The third kappa shape index (κ3) is 1.54. The Balaban J connectivity index is 2.66. The first-order chi connectivity index (χ1) is 6.18. The Labute approximate surface area is 87.4 Å². The highest BCUT2D eigenvalue weighted by Gasteiger charge is 2.12. The molecule has 0 saturated carbocycles. The van der Waals surface area contributed by atoms with Gasteiger partial charge in [0.25, 0.3) is 0 Å². The SMILES string of the molecule is CC1=CCNc2c(Cl)cc(Cl)cc21. The van der Waals surface area contributed by atoms with Gasteiger partial charge in [-0.25, -0.2) is 0 Å². The molecule has 1 N–H and O–H groups in total. The molecule has 1 aliphatic heterocycles. The zero-order chi connectivity index (χ0) is 9.42. The number of fused-ring (bicyclic) bond motifs is 1. The fourth-order valence-corrected chi connectivity index (χ4v) is 2.04. The van der Waals surface area contributed by atoms with Crippen molar-refractivity contribution in [1.29, 1.82) is 0 Å². The standard InChI is InChI=1S/C10H9Cl2N/c1-6-2-3-13-10-8(6)4-7(11)5-9(10)12/h2,4-5,13H,3H2,1H3. The number of rotatable bonds is 0. The second kappa shape index (κ2) is 3.24. The lowest BCUT2D eigenvalue weighted by molar-refractivity contribution is 1.28. The van der Waals surface area contributed by atoms with Crippen LogP contribution >= 0.6 is 23.2 Å². The molecule has 0 radical (unpaired) electrons. The second-order valence-corrected chi connectivity index (χ2v) is 3.92. The molecule has 0 spiro atoms. The van der Waals surface area contributed by atoms with Crippen molar-refractivity contribution in [2.24, 2.45) is 0 Å². The highest BCUT2D eigenvalue weighted by atomic mass is 35.5. The Kier molecular flexibility index (Phi) is 2.22. The molecule has 0 fully saturated rings. The van der Waals surface area contributed by atoms with Crippen LogP contribution in [0.15, 0.2) is 18.2 Å². The van der Waals surface area contributed by atoms with Crippen molar-refractivity contribution in [3.8, 4) is 0 Å². The molecular formula is C10H9Cl2N. The molecule has 1 aliphatic rings. The first kappa shape index (κ1) is 8.92. The molecule has 0 aromatic heterocycles. The molecule has 1 aromatic rings. The van der Waals surface area contributed by atoms with Gasteiger partial charge in [0.05, 0.1) is 10.7 Å². The third-order valence-electron chi connectivity index (χ3n) is 2.17. The van der Waals surface area contributed by atoms with Crippen molar-refractivity contribution in [2.75, 3.05) is 11.9 Å². The summed E-state index contributed by atoms with van der Waals surface area (Å²) in [7, 11) is 0. The van der Waals surface area contributed by atoms with Crippen LogP contribution in [-0.2, 0) is 0 Å². The first-order valence-corrected chi connectivity index (χ1v) is 4.84. The van der Waals surface area contributed by atoms with Crippen LogP contribution in [0.1, 0.15) is 12.5 Å². The van der Waals surface area contributed by atoms with Crippen molar-refractivity contribution in [3.05, 3.63) is 33.8 Å². The summed E-state index contributed by atoms with van der Waals surface area (Å²) in [5, 5.41) is 4.59. The number of benzene rings is 1. The molecule has 68 valence electrons. The number of hydrogen-bond acceptors (Lipinski definition) is 1. The Morgan fingerprint density at radius 3 is 2.85 bits per heavy atom. The quantitative estimate of drug-likeness (QED) is 0.692. The third-order valence-corrected chi connectivity index (χ3v) is 2.68. The minimum absolute atomic E-state index is 0.681. The maximum absolute atomic E-state index is 6.04. The van der Waals surface area contributed by atoms with E-state index >= 15 is 0 Å². The minimum Gasteiger partial charge on any atom is -0.380 e. The van der Waals surface area contributed by atoms with Gasteiger partial charge in [-0.15, -0.1) is 0 Å². The smallest absolute Gasteiger partial charge is 0.0658 e. The molecular weight excluding hydrogens is 205 g/mol. The van der Waals surface area contributed by atoms with Crippen LogP contribution in [0.25, 0.3) is 5.57 Å². The second-order valence-electron chi connectivity index (χ2n) is 3.08. The summed E-state index contributed by atoms with van der Waals surface area (Å²) in [5.74, 6) is 0. The van der Waals surface area contributed by atoms with Gasteiger partial charge >= 0.3 is 0 Å². The fraction of sp³-hybridized carbons (Fsp3) is 0.200. The van der Waals surface area contributed by atoms with E-state index in [9.17, 15) is 0 Å². The average Bonchev–Trinajstić information content (AvgIpc) is 2.07. The Morgan fingerprint density at radius 1 is 1.31 bits per heavy atom. The maximum Gasteiger partial charge on any atom is 0.0658 e. The van der Waals surface area contributed by atoms with Gasteiger partial charge in [-0.05, 0) is 24.6 Å². The lowest BCUT2D eigenvalue weighted by Gasteiger charge is -2.18. The van der Waals surface area contributed by atoms with Crippen molar-refractivity contribution in [2.45, 2.75) is 6.92 Å². The molecule has 1 aromatic carbocycles. The highest BCUT2D eigenvalue weighted by molar-refractivity contribution is 6.37. The largest absolute Gasteiger partial charge is 0.380 e. The van der Waals surface area contributed by atoms with Gasteiger partial charge < -0.3 is 5.32 Å². The van der Waals surface area contributed by atoms with Crippen molar-refractivity contribution < 1.29 is 0 Å². The first-order valence-electron chi connectivity index (χ1n) is 4.08. The van der Waals surface area contributed by atoms with Gasteiger partial charge in [0.15, 0.2) is 0 Å². The van der Waals surface area contributed by atoms with E-state index in [-0.39, 0.29) is 0 Å². The van der Waals surface area contributed by atoms with E-state index in [1.54, 1.807) is 6.07 Å². The molecule has 1 nitrogen and oxygen atoms in total. The van der Waals surface area contributed by atoms with Crippen LogP contribution < -0.4 is 5.32 Å². The number of halogens is 2. The van der Waals surface area contributed by atoms with E-state index in [1.807, 2.05) is 6.07 Å². The monoisotopic (exact) mass is 213 g/mol. The van der Waals surface area contributed by atoms with Crippen LogP contribution in [0.3, 0.4) is 0 Å². The van der Waals surface area contributed by atoms with Crippen molar-refractivity contribution in [1.82, 2.24) is 0 Å². The number of anilines is 1. The predicted octanol–water partition coefficient (Wildman–Crippen LogP) is 3.82. The lowest BCUT2D eigenvalue weighted by atomic mass is 10.0. The fourth-order valence-electron chi connectivity index (χ4n) is 1.48. The zero-order valence-corrected chi connectivity index (χ0v) is 8.71. The summed E-state index contributed by atoms with van der Waals surface area (Å²) in [6.45, 7) is 2.90. The van der Waals surface area contributed by atoms with Crippen LogP contribution in [-0.4, -0.2) is 6.54 Å². The minimum atomic E-state index is 0.681. The van der Waals surface area contributed by atoms with E-state index in [1.165, 1.54) is 5.57 Å². The zero-order valence-electron chi connectivity index (χ0n) is 7.20. The highest BCUT2D eigenvalue weighted by Crippen LogP contribution is 2.35. The van der Waals surface area contributed by atoms with E-state index in [2.05, 4.69) is 18.3 Å². The van der Waals surface area contributed by atoms with Crippen molar-refractivity contribution in [3.63, 3.8) is 0 Å². The summed E-state index contributed by atoms with van der Waals surface area (Å²) in [6, 6.07) is 3.69. The summed E-state index contributed by atoms with van der Waals surface area (Å²) < 4.78 is 0. The van der Waals surface area contributed by atoms with E-state index in [4.69, 9.17) is 23.2 Å². The van der Waals surface area contributed by atoms with Crippen LogP contribution in [0.4, 0.5) is 5.69 Å². The molecule has 0 bridgehead atoms. The van der Waals surface area contributed by atoms with Crippen LogP contribution in [0.5, 0.6) is 0 Å². The van der Waals surface area contributed by atoms with E-state index in [0.717, 1.165) is 17.8 Å². The molecule has 0 atom stereocenters. The number of nitrogens with one attached hydrogen (secondary N) is 1. The van der Waals surface area contributed by atoms with E-state index < -0.39 is 0 Å². The molecule has 2 rings (SSSR count). The van der Waals surface area contributed by atoms with Gasteiger partial charge in [-0.1, -0.05) is 29.3 Å². The van der Waals surface area contributed by atoms with Crippen LogP contribution in [0, 0.1) is 0 Å². The van der Waals surface area contributed by atoms with Crippen molar-refractivity contribution >= 4 is 34.5 Å².